The molecule has 3 saturated carbocycles. The number of nitrogens with one attached hydrogen (secondary N) is 1. The van der Waals surface area contributed by atoms with Crippen LogP contribution in [0.4, 0.5) is 0 Å². The molecule has 3 heteroatoms. The van der Waals surface area contributed by atoms with Crippen LogP contribution in [0.2, 0.25) is 0 Å². The lowest BCUT2D eigenvalue weighted by molar-refractivity contribution is -0.138. The maximum absolute atomic E-state index is 12.9. The van der Waals surface area contributed by atoms with Gasteiger partial charge < -0.3 is 10.2 Å². The molecule has 1 amide bonds. The van der Waals surface area contributed by atoms with E-state index in [1.807, 2.05) is 0 Å². The van der Waals surface area contributed by atoms with Crippen molar-refractivity contribution in [2.75, 3.05) is 13.1 Å². The first-order chi connectivity index (χ1) is 9.31. The van der Waals surface area contributed by atoms with Crippen LogP contribution in [0.25, 0.3) is 0 Å². The largest absolute Gasteiger partial charge is 0.338 e. The fourth-order valence-corrected chi connectivity index (χ4v) is 4.72. The lowest BCUT2D eigenvalue weighted by Crippen LogP contribution is -2.45. The molecule has 1 saturated heterocycles. The van der Waals surface area contributed by atoms with Crippen LogP contribution in [0.5, 0.6) is 0 Å². The van der Waals surface area contributed by atoms with Gasteiger partial charge in [0, 0.05) is 24.5 Å². The van der Waals surface area contributed by atoms with Crippen molar-refractivity contribution in [2.45, 2.75) is 63.5 Å². The van der Waals surface area contributed by atoms with E-state index in [4.69, 9.17) is 0 Å². The smallest absolute Gasteiger partial charge is 0.226 e. The van der Waals surface area contributed by atoms with Gasteiger partial charge in [-0.1, -0.05) is 6.42 Å². The van der Waals surface area contributed by atoms with E-state index in [0.717, 1.165) is 24.9 Å². The second-order valence-electron chi connectivity index (χ2n) is 7.30. The summed E-state index contributed by atoms with van der Waals surface area (Å²) in [6.45, 7) is 2.13. The number of amides is 1. The summed E-state index contributed by atoms with van der Waals surface area (Å²) in [5, 5.41) is 3.56. The molecular weight excluding hydrogens is 236 g/mol. The number of fused-ring (bicyclic) bond motifs is 2. The van der Waals surface area contributed by atoms with Crippen LogP contribution in [0.15, 0.2) is 0 Å². The Kier molecular flexibility index (Phi) is 3.06. The summed E-state index contributed by atoms with van der Waals surface area (Å²) < 4.78 is 0. The van der Waals surface area contributed by atoms with Gasteiger partial charge in [-0.15, -0.1) is 0 Å². The Morgan fingerprint density at radius 1 is 1.11 bits per heavy atom. The quantitative estimate of drug-likeness (QED) is 0.842. The fraction of sp³-hybridized carbons (Fsp3) is 0.938. The van der Waals surface area contributed by atoms with Crippen LogP contribution in [0.1, 0.15) is 51.4 Å². The van der Waals surface area contributed by atoms with E-state index in [0.29, 0.717) is 23.9 Å². The molecule has 2 bridgehead atoms. The van der Waals surface area contributed by atoms with E-state index in [-0.39, 0.29) is 0 Å². The predicted molar refractivity (Wildman–Crippen MR) is 74.7 cm³/mol. The minimum absolute atomic E-state index is 0.390. The van der Waals surface area contributed by atoms with E-state index >= 15 is 0 Å². The average Bonchev–Trinajstić information content (AvgIpc) is 2.86. The second-order valence-corrected chi connectivity index (χ2v) is 7.30. The highest BCUT2D eigenvalue weighted by Crippen LogP contribution is 2.49. The van der Waals surface area contributed by atoms with Gasteiger partial charge in [-0.2, -0.15) is 0 Å². The van der Waals surface area contributed by atoms with E-state index in [2.05, 4.69) is 10.2 Å². The Hall–Kier alpha value is -0.570. The van der Waals surface area contributed by atoms with E-state index in [1.54, 1.807) is 0 Å². The Morgan fingerprint density at radius 2 is 2.00 bits per heavy atom. The summed E-state index contributed by atoms with van der Waals surface area (Å²) in [7, 11) is 0. The van der Waals surface area contributed by atoms with Gasteiger partial charge in [0.25, 0.3) is 0 Å². The zero-order valence-electron chi connectivity index (χ0n) is 11.8. The summed E-state index contributed by atoms with van der Waals surface area (Å²) in [5.74, 6) is 2.52. The highest BCUT2D eigenvalue weighted by atomic mass is 16.2. The van der Waals surface area contributed by atoms with Crippen molar-refractivity contribution in [2.24, 2.45) is 17.8 Å². The van der Waals surface area contributed by atoms with Crippen LogP contribution < -0.4 is 5.32 Å². The predicted octanol–water partition coefficient (Wildman–Crippen LogP) is 2.17. The van der Waals surface area contributed by atoms with Crippen molar-refractivity contribution >= 4 is 5.91 Å². The average molecular weight is 262 g/mol. The van der Waals surface area contributed by atoms with Crippen molar-refractivity contribution in [1.29, 1.82) is 0 Å². The van der Waals surface area contributed by atoms with Crippen molar-refractivity contribution in [3.05, 3.63) is 0 Å². The number of hydrogen-bond acceptors (Lipinski definition) is 2. The number of rotatable bonds is 4. The number of carbonyl (C=O) groups excluding carboxylic acids is 1. The minimum atomic E-state index is 0.390. The molecule has 0 radical (unpaired) electrons. The minimum Gasteiger partial charge on any atom is -0.338 e. The molecule has 1 N–H and O–H groups in total. The molecule has 1 aliphatic heterocycles. The molecule has 106 valence electrons. The third kappa shape index (κ3) is 2.31. The molecule has 19 heavy (non-hydrogen) atoms. The molecule has 4 aliphatic rings. The molecule has 4 rings (SSSR count). The molecule has 0 aromatic carbocycles. The fourth-order valence-electron chi connectivity index (χ4n) is 4.72. The Morgan fingerprint density at radius 3 is 2.58 bits per heavy atom. The first-order valence-electron chi connectivity index (χ1n) is 8.35. The highest BCUT2D eigenvalue weighted by Gasteiger charge is 2.46. The third-order valence-corrected chi connectivity index (χ3v) is 5.91. The molecule has 0 aromatic rings. The SMILES string of the molecule is O=C(C1CC2CCC1C2)N(CC1CCCN1)C1CC1. The lowest BCUT2D eigenvalue weighted by atomic mass is 9.87. The van der Waals surface area contributed by atoms with Gasteiger partial charge in [-0.3, -0.25) is 4.79 Å². The van der Waals surface area contributed by atoms with Gasteiger partial charge >= 0.3 is 0 Å². The topological polar surface area (TPSA) is 32.3 Å². The first-order valence-corrected chi connectivity index (χ1v) is 8.35. The van der Waals surface area contributed by atoms with Gasteiger partial charge in [0.15, 0.2) is 0 Å². The van der Waals surface area contributed by atoms with Crippen molar-refractivity contribution in [3.63, 3.8) is 0 Å². The zero-order chi connectivity index (χ0) is 12.8. The summed E-state index contributed by atoms with van der Waals surface area (Å²) in [5.41, 5.74) is 0. The summed E-state index contributed by atoms with van der Waals surface area (Å²) in [6, 6.07) is 1.16. The van der Waals surface area contributed by atoms with Crippen LogP contribution >= 0.6 is 0 Å². The van der Waals surface area contributed by atoms with Gasteiger partial charge in [0.05, 0.1) is 0 Å². The Balaban J connectivity index is 1.43. The van der Waals surface area contributed by atoms with E-state index in [1.165, 1.54) is 51.4 Å². The van der Waals surface area contributed by atoms with Gasteiger partial charge in [0.2, 0.25) is 5.91 Å². The normalized spacial score (nSPS) is 40.8. The number of carbonyl (C=O) groups is 1. The Labute approximate surface area is 116 Å². The number of hydrogen-bond donors (Lipinski definition) is 1. The van der Waals surface area contributed by atoms with Crippen molar-refractivity contribution < 1.29 is 4.79 Å². The maximum Gasteiger partial charge on any atom is 0.226 e. The molecule has 3 nitrogen and oxygen atoms in total. The van der Waals surface area contributed by atoms with Gasteiger partial charge in [-0.25, -0.2) is 0 Å². The lowest BCUT2D eigenvalue weighted by Gasteiger charge is -2.31. The molecule has 4 fully saturated rings. The van der Waals surface area contributed by atoms with Gasteiger partial charge in [-0.05, 0) is 63.3 Å². The monoisotopic (exact) mass is 262 g/mol. The standard InChI is InChI=1S/C16H26N2O/c19-16(15-9-11-3-4-12(15)8-11)18(14-5-6-14)10-13-2-1-7-17-13/h11-15,17H,1-10H2. The molecule has 4 atom stereocenters. The van der Waals surface area contributed by atoms with E-state index in [9.17, 15) is 4.79 Å². The molecular formula is C16H26N2O. The molecule has 4 unspecified atom stereocenters. The first kappa shape index (κ1) is 12.2. The van der Waals surface area contributed by atoms with Crippen LogP contribution in [0.3, 0.4) is 0 Å². The third-order valence-electron chi connectivity index (χ3n) is 5.91. The van der Waals surface area contributed by atoms with Crippen molar-refractivity contribution in [1.82, 2.24) is 10.2 Å². The summed E-state index contributed by atoms with van der Waals surface area (Å²) in [6.07, 6.45) is 10.3. The molecule has 0 spiro atoms. The van der Waals surface area contributed by atoms with Crippen LogP contribution in [-0.2, 0) is 4.79 Å². The van der Waals surface area contributed by atoms with Crippen LogP contribution in [-0.4, -0.2) is 36.0 Å². The van der Waals surface area contributed by atoms with Crippen molar-refractivity contribution in [3.8, 4) is 0 Å². The molecule has 3 aliphatic carbocycles. The van der Waals surface area contributed by atoms with Crippen LogP contribution in [0, 0.1) is 17.8 Å². The Bertz CT molecular complexity index is 360. The second kappa shape index (κ2) is 4.76. The van der Waals surface area contributed by atoms with E-state index < -0.39 is 0 Å². The summed E-state index contributed by atoms with van der Waals surface area (Å²) >= 11 is 0. The molecule has 1 heterocycles. The maximum atomic E-state index is 12.9. The highest BCUT2D eigenvalue weighted by molar-refractivity contribution is 5.80. The zero-order valence-corrected chi connectivity index (χ0v) is 11.8. The van der Waals surface area contributed by atoms with Gasteiger partial charge in [0.1, 0.15) is 0 Å². The number of nitrogens with zero attached hydrogens (tertiary/aromatic N) is 1. The summed E-state index contributed by atoms with van der Waals surface area (Å²) in [4.78, 5) is 15.2. The molecule has 0 aromatic heterocycles.